The molecule has 3 heteroatoms. The zero-order valence-corrected chi connectivity index (χ0v) is 6.58. The van der Waals surface area contributed by atoms with E-state index in [-0.39, 0.29) is 26.2 Å². The summed E-state index contributed by atoms with van der Waals surface area (Å²) >= 11 is 0. The van der Waals surface area contributed by atoms with Crippen molar-refractivity contribution >= 4 is 5.91 Å². The summed E-state index contributed by atoms with van der Waals surface area (Å²) in [6.07, 6.45) is 0.334. The van der Waals surface area contributed by atoms with Crippen molar-refractivity contribution in [3.8, 4) is 0 Å². The molecule has 54 valence electrons. The Morgan fingerprint density at radius 1 is 1.36 bits per heavy atom. The summed E-state index contributed by atoms with van der Waals surface area (Å²) in [6.45, 7) is 0. The molecule has 2 nitrogen and oxygen atoms in total. The molecule has 0 unspecified atom stereocenters. The molecule has 0 atom stereocenters. The molecular formula is C8H10LiNO. The van der Waals surface area contributed by atoms with Crippen LogP contribution < -0.4 is 24.6 Å². The van der Waals surface area contributed by atoms with E-state index in [1.54, 1.807) is 0 Å². The third kappa shape index (κ3) is 3.87. The average Bonchev–Trinajstić information content (AvgIpc) is 1.88. The summed E-state index contributed by atoms with van der Waals surface area (Å²) in [5.74, 6) is -0.286. The minimum atomic E-state index is -0.286. The van der Waals surface area contributed by atoms with Gasteiger partial charge in [-0.3, -0.25) is 4.79 Å². The van der Waals surface area contributed by atoms with Crippen LogP contribution in [0.3, 0.4) is 0 Å². The number of hydrogen-bond donors (Lipinski definition) is 1. The first-order valence-corrected chi connectivity index (χ1v) is 3.11. The quantitative estimate of drug-likeness (QED) is 0.470. The number of carbonyl (C=O) groups excluding carboxylic acids is 1. The Bertz CT molecular complexity index is 228. The number of primary amides is 1. The van der Waals surface area contributed by atoms with Gasteiger partial charge < -0.3 is 7.16 Å². The molecule has 2 N–H and O–H groups in total. The van der Waals surface area contributed by atoms with Crippen LogP contribution in [0, 0.1) is 0 Å². The van der Waals surface area contributed by atoms with Crippen LogP contribution in [0.1, 0.15) is 6.99 Å². The Morgan fingerprint density at radius 3 is 2.36 bits per heavy atom. The molecule has 0 heterocycles. The van der Waals surface area contributed by atoms with E-state index in [4.69, 9.17) is 5.73 Å². The predicted octanol–water partition coefficient (Wildman–Crippen LogP) is -2.17. The van der Waals surface area contributed by atoms with Gasteiger partial charge in [0.05, 0.1) is 6.42 Å². The van der Waals surface area contributed by atoms with Crippen LogP contribution in [0.15, 0.2) is 30.3 Å². The van der Waals surface area contributed by atoms with E-state index in [1.807, 2.05) is 30.3 Å². The van der Waals surface area contributed by atoms with E-state index in [0.29, 0.717) is 6.42 Å². The fourth-order valence-corrected chi connectivity index (χ4v) is 0.797. The van der Waals surface area contributed by atoms with Gasteiger partial charge in [-0.1, -0.05) is 30.3 Å². The van der Waals surface area contributed by atoms with E-state index in [2.05, 4.69) is 0 Å². The fourth-order valence-electron chi connectivity index (χ4n) is 0.797. The second kappa shape index (κ2) is 5.01. The van der Waals surface area contributed by atoms with E-state index in [1.165, 1.54) is 0 Å². The first-order valence-electron chi connectivity index (χ1n) is 3.11. The molecule has 1 aromatic rings. The van der Waals surface area contributed by atoms with Crippen LogP contribution in [-0.4, -0.2) is 5.91 Å². The van der Waals surface area contributed by atoms with Gasteiger partial charge in [0.15, 0.2) is 0 Å². The topological polar surface area (TPSA) is 43.1 Å². The number of amides is 1. The van der Waals surface area contributed by atoms with Crippen molar-refractivity contribution in [3.63, 3.8) is 0 Å². The number of rotatable bonds is 2. The minimum Gasteiger partial charge on any atom is -1.00 e. The Balaban J connectivity index is 0. The van der Waals surface area contributed by atoms with E-state index >= 15 is 0 Å². The SMILES string of the molecule is NC(=O)Cc1ccccc1.[H-].[Li+]. The standard InChI is InChI=1S/C8H9NO.Li.H/c9-8(10)6-7-4-2-1-3-5-7;;/h1-5H,6H2,(H2,9,10);;/q;+1;-1. The molecule has 0 saturated heterocycles. The van der Waals surface area contributed by atoms with Crippen molar-refractivity contribution < 1.29 is 25.1 Å². The fraction of sp³-hybridized carbons (Fsp3) is 0.125. The molecule has 1 aromatic carbocycles. The summed E-state index contributed by atoms with van der Waals surface area (Å²) in [5, 5.41) is 0. The summed E-state index contributed by atoms with van der Waals surface area (Å²) < 4.78 is 0. The molecule has 0 fully saturated rings. The molecule has 0 radical (unpaired) electrons. The van der Waals surface area contributed by atoms with Crippen LogP contribution in [-0.2, 0) is 11.2 Å². The minimum absolute atomic E-state index is 0. The van der Waals surface area contributed by atoms with Crippen molar-refractivity contribution in [3.05, 3.63) is 35.9 Å². The molecule has 1 amide bonds. The predicted molar refractivity (Wildman–Crippen MR) is 40.5 cm³/mol. The molecule has 0 aliphatic rings. The van der Waals surface area contributed by atoms with Crippen molar-refractivity contribution in [2.75, 3.05) is 0 Å². The molecule has 0 saturated carbocycles. The number of benzene rings is 1. The van der Waals surface area contributed by atoms with Gasteiger partial charge >= 0.3 is 18.9 Å². The maximum absolute atomic E-state index is 10.4. The van der Waals surface area contributed by atoms with Crippen molar-refractivity contribution in [2.45, 2.75) is 6.42 Å². The van der Waals surface area contributed by atoms with Crippen LogP contribution >= 0.6 is 0 Å². The zero-order valence-electron chi connectivity index (χ0n) is 7.58. The van der Waals surface area contributed by atoms with Crippen LogP contribution in [0.25, 0.3) is 0 Å². The van der Waals surface area contributed by atoms with Gasteiger partial charge in [-0.05, 0) is 5.56 Å². The van der Waals surface area contributed by atoms with Crippen molar-refractivity contribution in [1.82, 2.24) is 0 Å². The third-order valence-electron chi connectivity index (χ3n) is 1.22. The van der Waals surface area contributed by atoms with Crippen LogP contribution in [0.2, 0.25) is 0 Å². The molecule has 0 aliphatic carbocycles. The average molecular weight is 143 g/mol. The Kier molecular flexibility index (Phi) is 4.68. The Hall–Kier alpha value is -0.713. The summed E-state index contributed by atoms with van der Waals surface area (Å²) in [5.41, 5.74) is 5.95. The molecule has 1 rings (SSSR count). The summed E-state index contributed by atoms with van der Waals surface area (Å²) in [4.78, 5) is 10.4. The van der Waals surface area contributed by atoms with Gasteiger partial charge in [0, 0.05) is 0 Å². The van der Waals surface area contributed by atoms with E-state index < -0.39 is 0 Å². The number of carbonyl (C=O) groups is 1. The van der Waals surface area contributed by atoms with Gasteiger partial charge in [0.25, 0.3) is 0 Å². The van der Waals surface area contributed by atoms with Gasteiger partial charge in [-0.2, -0.15) is 0 Å². The molecule has 0 bridgehead atoms. The molecule has 0 spiro atoms. The van der Waals surface area contributed by atoms with Gasteiger partial charge in [0.1, 0.15) is 0 Å². The molecule has 0 aromatic heterocycles. The first kappa shape index (κ1) is 10.3. The van der Waals surface area contributed by atoms with Crippen molar-refractivity contribution in [2.24, 2.45) is 5.73 Å². The normalized spacial score (nSPS) is 8.36. The maximum atomic E-state index is 10.4. The van der Waals surface area contributed by atoms with E-state index in [0.717, 1.165) is 5.56 Å². The largest absolute Gasteiger partial charge is 1.00 e. The second-order valence-electron chi connectivity index (χ2n) is 2.13. The van der Waals surface area contributed by atoms with E-state index in [9.17, 15) is 4.79 Å². The van der Waals surface area contributed by atoms with Gasteiger partial charge in [0.2, 0.25) is 5.91 Å². The summed E-state index contributed by atoms with van der Waals surface area (Å²) in [7, 11) is 0. The van der Waals surface area contributed by atoms with Gasteiger partial charge in [-0.15, -0.1) is 0 Å². The third-order valence-corrected chi connectivity index (χ3v) is 1.22. The Morgan fingerprint density at radius 2 is 1.91 bits per heavy atom. The smallest absolute Gasteiger partial charge is 1.00 e. The number of hydrogen-bond acceptors (Lipinski definition) is 1. The molecule has 11 heavy (non-hydrogen) atoms. The Labute approximate surface area is 79.4 Å². The zero-order chi connectivity index (χ0) is 7.40. The monoisotopic (exact) mass is 143 g/mol. The second-order valence-corrected chi connectivity index (χ2v) is 2.13. The molecule has 0 aliphatic heterocycles. The summed E-state index contributed by atoms with van der Waals surface area (Å²) in [6, 6.07) is 9.44. The maximum Gasteiger partial charge on any atom is 1.00 e. The number of nitrogens with two attached hydrogens (primary N) is 1. The van der Waals surface area contributed by atoms with Crippen molar-refractivity contribution in [1.29, 1.82) is 0 Å². The van der Waals surface area contributed by atoms with Gasteiger partial charge in [-0.25, -0.2) is 0 Å². The van der Waals surface area contributed by atoms with Crippen LogP contribution in [0.4, 0.5) is 0 Å². The first-order chi connectivity index (χ1) is 4.79. The molecular weight excluding hydrogens is 133 g/mol. The van der Waals surface area contributed by atoms with Crippen LogP contribution in [0.5, 0.6) is 0 Å².